The molecule has 0 N–H and O–H groups in total. The predicted octanol–water partition coefficient (Wildman–Crippen LogP) is 3.89. The molecular weight excluding hydrogens is 256 g/mol. The molecule has 2 nitrogen and oxygen atoms in total. The number of hydrogen-bond donors (Lipinski definition) is 0. The molecule has 4 aromatic rings. The van der Waals surface area contributed by atoms with Crippen LogP contribution in [0.4, 0.5) is 0 Å². The molecule has 0 aliphatic rings. The largest absolute Gasteiger partial charge is 0.311 e. The van der Waals surface area contributed by atoms with E-state index in [0.717, 1.165) is 0 Å². The van der Waals surface area contributed by atoms with Crippen LogP contribution in [0.5, 0.6) is 0 Å². The zero-order valence-corrected chi connectivity index (χ0v) is 12.2. The van der Waals surface area contributed by atoms with Gasteiger partial charge >= 0.3 is 0 Å². The summed E-state index contributed by atoms with van der Waals surface area (Å²) >= 11 is 0. The van der Waals surface area contributed by atoms with Crippen molar-refractivity contribution in [3.63, 3.8) is 0 Å². The number of hydrogen-bond acceptors (Lipinski definition) is 0. The number of pyridine rings is 2. The second-order valence-electron chi connectivity index (χ2n) is 5.57. The lowest BCUT2D eigenvalue weighted by Gasteiger charge is -2.09. The number of fused-ring (bicyclic) bond motifs is 2. The van der Waals surface area contributed by atoms with E-state index in [-0.39, 0.29) is 0 Å². The fraction of sp³-hybridized carbons (Fsp3) is 0.105. The molecule has 0 bridgehead atoms. The van der Waals surface area contributed by atoms with Gasteiger partial charge in [-0.3, -0.25) is 0 Å². The van der Waals surface area contributed by atoms with Crippen molar-refractivity contribution in [1.82, 2.24) is 4.40 Å². The maximum Gasteiger partial charge on any atom is 0.230 e. The van der Waals surface area contributed by atoms with E-state index in [1.165, 1.54) is 33.2 Å². The van der Waals surface area contributed by atoms with Crippen LogP contribution in [-0.2, 0) is 7.05 Å². The van der Waals surface area contributed by atoms with E-state index in [1.807, 2.05) is 0 Å². The van der Waals surface area contributed by atoms with Gasteiger partial charge in [0.1, 0.15) is 12.7 Å². The third-order valence-corrected chi connectivity index (χ3v) is 4.14. The van der Waals surface area contributed by atoms with E-state index in [2.05, 4.69) is 89.9 Å². The van der Waals surface area contributed by atoms with Crippen molar-refractivity contribution < 1.29 is 4.57 Å². The smallest absolute Gasteiger partial charge is 0.230 e. The molecule has 0 aliphatic heterocycles. The summed E-state index contributed by atoms with van der Waals surface area (Å²) in [6.45, 7) is 2.17. The summed E-state index contributed by atoms with van der Waals surface area (Å²) in [5.41, 5.74) is 4.99. The average Bonchev–Trinajstić information content (AvgIpc) is 2.95. The lowest BCUT2D eigenvalue weighted by molar-refractivity contribution is -0.659. The van der Waals surface area contributed by atoms with Crippen molar-refractivity contribution in [2.24, 2.45) is 7.05 Å². The Balaban J connectivity index is 2.10. The minimum Gasteiger partial charge on any atom is -0.311 e. The van der Waals surface area contributed by atoms with Crippen LogP contribution in [-0.4, -0.2) is 4.40 Å². The molecule has 0 fully saturated rings. The standard InChI is InChI=1S/C19H17N2/c1-14-9-10-17-8-5-11-21(17)19(14)18-12-15-6-3-4-7-16(15)13-20(18)2/h3-13H,1-2H3/q+1. The monoisotopic (exact) mass is 273 g/mol. The molecular formula is C19H17N2+. The fourth-order valence-corrected chi connectivity index (χ4v) is 3.06. The first-order chi connectivity index (χ1) is 10.2. The number of nitrogens with zero attached hydrogens (tertiary/aromatic N) is 2. The molecule has 3 heterocycles. The SMILES string of the molecule is Cc1ccc2cccn2c1-c1cc2ccccc2c[n+]1C. The van der Waals surface area contributed by atoms with Gasteiger partial charge in [0.15, 0.2) is 6.20 Å². The Morgan fingerprint density at radius 3 is 2.57 bits per heavy atom. The Bertz CT molecular complexity index is 964. The van der Waals surface area contributed by atoms with Crippen LogP contribution >= 0.6 is 0 Å². The highest BCUT2D eigenvalue weighted by Crippen LogP contribution is 2.25. The van der Waals surface area contributed by atoms with Gasteiger partial charge < -0.3 is 4.40 Å². The normalized spacial score (nSPS) is 11.3. The van der Waals surface area contributed by atoms with Gasteiger partial charge in [0.05, 0.1) is 0 Å². The Morgan fingerprint density at radius 2 is 1.71 bits per heavy atom. The quantitative estimate of drug-likeness (QED) is 0.465. The van der Waals surface area contributed by atoms with E-state index in [4.69, 9.17) is 0 Å². The first-order valence-electron chi connectivity index (χ1n) is 7.19. The molecule has 4 rings (SSSR count). The van der Waals surface area contributed by atoms with Crippen LogP contribution in [0.3, 0.4) is 0 Å². The molecule has 2 heteroatoms. The second-order valence-corrected chi connectivity index (χ2v) is 5.57. The van der Waals surface area contributed by atoms with Gasteiger partial charge in [-0.1, -0.05) is 24.3 Å². The van der Waals surface area contributed by atoms with E-state index in [9.17, 15) is 0 Å². The summed E-state index contributed by atoms with van der Waals surface area (Å²) in [7, 11) is 2.11. The van der Waals surface area contributed by atoms with Crippen LogP contribution < -0.4 is 4.57 Å². The van der Waals surface area contributed by atoms with Crippen molar-refractivity contribution in [2.75, 3.05) is 0 Å². The Morgan fingerprint density at radius 1 is 0.905 bits per heavy atom. The van der Waals surface area contributed by atoms with E-state index >= 15 is 0 Å². The second kappa shape index (κ2) is 4.45. The topological polar surface area (TPSA) is 8.29 Å². The van der Waals surface area contributed by atoms with Crippen molar-refractivity contribution in [3.8, 4) is 11.4 Å². The van der Waals surface area contributed by atoms with Gasteiger partial charge in [-0.25, -0.2) is 0 Å². The summed E-state index contributed by atoms with van der Waals surface area (Å²) in [5.74, 6) is 0. The highest BCUT2D eigenvalue weighted by molar-refractivity contribution is 5.84. The lowest BCUT2D eigenvalue weighted by atomic mass is 10.1. The third-order valence-electron chi connectivity index (χ3n) is 4.14. The maximum absolute atomic E-state index is 2.27. The molecule has 1 aromatic carbocycles. The van der Waals surface area contributed by atoms with Crippen molar-refractivity contribution in [1.29, 1.82) is 0 Å². The van der Waals surface area contributed by atoms with E-state index < -0.39 is 0 Å². The minimum atomic E-state index is 1.23. The molecule has 0 radical (unpaired) electrons. The Kier molecular flexibility index (Phi) is 2.58. The molecule has 21 heavy (non-hydrogen) atoms. The van der Waals surface area contributed by atoms with Crippen LogP contribution in [0.15, 0.2) is 67.0 Å². The maximum atomic E-state index is 2.27. The molecule has 0 atom stereocenters. The van der Waals surface area contributed by atoms with Gasteiger partial charge in [-0.2, -0.15) is 4.57 Å². The van der Waals surface area contributed by atoms with Gasteiger partial charge in [0, 0.05) is 23.2 Å². The summed E-state index contributed by atoms with van der Waals surface area (Å²) < 4.78 is 4.48. The van der Waals surface area contributed by atoms with E-state index in [1.54, 1.807) is 0 Å². The highest BCUT2D eigenvalue weighted by atomic mass is 15.0. The van der Waals surface area contributed by atoms with Gasteiger partial charge in [-0.15, -0.1) is 0 Å². The average molecular weight is 273 g/mol. The van der Waals surface area contributed by atoms with Crippen molar-refractivity contribution >= 4 is 16.3 Å². The number of rotatable bonds is 1. The van der Waals surface area contributed by atoms with E-state index in [0.29, 0.717) is 0 Å². The summed E-state index contributed by atoms with van der Waals surface area (Å²) in [6, 6.07) is 19.4. The molecule has 3 aromatic heterocycles. The molecule has 0 aliphatic carbocycles. The highest BCUT2D eigenvalue weighted by Gasteiger charge is 2.16. The predicted molar refractivity (Wildman–Crippen MR) is 86.3 cm³/mol. The van der Waals surface area contributed by atoms with Gasteiger partial charge in [-0.05, 0) is 42.1 Å². The molecule has 0 saturated heterocycles. The van der Waals surface area contributed by atoms with Crippen LogP contribution in [0.25, 0.3) is 27.7 Å². The molecule has 0 unspecified atom stereocenters. The van der Waals surface area contributed by atoms with Crippen LogP contribution in [0, 0.1) is 6.92 Å². The Labute approximate surface area is 123 Å². The number of aromatic nitrogens is 2. The molecule has 0 amide bonds. The van der Waals surface area contributed by atoms with Crippen LogP contribution in [0.2, 0.25) is 0 Å². The minimum absolute atomic E-state index is 1.23. The van der Waals surface area contributed by atoms with Crippen molar-refractivity contribution in [3.05, 3.63) is 72.6 Å². The first-order valence-corrected chi connectivity index (χ1v) is 7.19. The molecule has 0 spiro atoms. The molecule has 102 valence electrons. The lowest BCUT2D eigenvalue weighted by Crippen LogP contribution is -2.31. The fourth-order valence-electron chi connectivity index (χ4n) is 3.06. The Hall–Kier alpha value is -2.61. The summed E-state index contributed by atoms with van der Waals surface area (Å²) in [4.78, 5) is 0. The van der Waals surface area contributed by atoms with Crippen LogP contribution in [0.1, 0.15) is 5.56 Å². The van der Waals surface area contributed by atoms with Gasteiger partial charge in [0.25, 0.3) is 0 Å². The summed E-state index contributed by atoms with van der Waals surface area (Å²) in [5, 5.41) is 2.54. The zero-order valence-electron chi connectivity index (χ0n) is 12.2. The summed E-state index contributed by atoms with van der Waals surface area (Å²) in [6.07, 6.45) is 4.33. The number of benzene rings is 1. The van der Waals surface area contributed by atoms with Gasteiger partial charge in [0.2, 0.25) is 5.69 Å². The third kappa shape index (κ3) is 1.83. The zero-order chi connectivity index (χ0) is 14.4. The number of aryl methyl sites for hydroxylation is 2. The first kappa shape index (κ1) is 12.2. The van der Waals surface area contributed by atoms with Crippen molar-refractivity contribution in [2.45, 2.75) is 6.92 Å². The molecule has 0 saturated carbocycles.